The Balaban J connectivity index is 1.68. The molecule has 0 aliphatic carbocycles. The Hall–Kier alpha value is -2.74. The van der Waals surface area contributed by atoms with Crippen LogP contribution in [-0.2, 0) is 14.3 Å². The van der Waals surface area contributed by atoms with Crippen LogP contribution < -0.4 is 4.74 Å². The lowest BCUT2D eigenvalue weighted by Crippen LogP contribution is -2.42. The van der Waals surface area contributed by atoms with Crippen LogP contribution in [0.2, 0.25) is 5.02 Å². The number of carbonyl (C=O) groups excluding carboxylic acids is 3. The third kappa shape index (κ3) is 4.55. The first-order valence-corrected chi connectivity index (χ1v) is 11.0. The Morgan fingerprint density at radius 2 is 1.81 bits per heavy atom. The van der Waals surface area contributed by atoms with E-state index in [1.54, 1.807) is 49.6 Å². The fraction of sp³-hybridized carbons (Fsp3) is 0.375. The second kappa shape index (κ2) is 9.81. The maximum absolute atomic E-state index is 13.4. The molecule has 32 heavy (non-hydrogen) atoms. The van der Waals surface area contributed by atoms with Gasteiger partial charge < -0.3 is 14.4 Å². The summed E-state index contributed by atoms with van der Waals surface area (Å²) >= 11 is 5.96. The molecule has 4 rings (SSSR count). The van der Waals surface area contributed by atoms with Crippen molar-refractivity contribution in [1.82, 2.24) is 9.80 Å². The number of benzene rings is 2. The summed E-state index contributed by atoms with van der Waals surface area (Å²) in [4.78, 5) is 43.3. The first kappa shape index (κ1) is 22.5. The van der Waals surface area contributed by atoms with Gasteiger partial charge in [-0.3, -0.25) is 19.3 Å². The van der Waals surface area contributed by atoms with Crippen LogP contribution in [0.4, 0.5) is 0 Å². The number of hydrogen-bond donors (Lipinski definition) is 0. The average Bonchev–Trinajstić information content (AvgIpc) is 3.08. The highest BCUT2D eigenvalue weighted by Gasteiger charge is 2.51. The predicted octanol–water partition coefficient (Wildman–Crippen LogP) is 2.63. The fourth-order valence-electron chi connectivity index (χ4n) is 4.29. The third-order valence-corrected chi connectivity index (χ3v) is 6.26. The van der Waals surface area contributed by atoms with Gasteiger partial charge in [-0.05, 0) is 42.0 Å². The molecule has 2 aromatic carbocycles. The van der Waals surface area contributed by atoms with E-state index < -0.39 is 23.7 Å². The number of ketones is 2. The number of ether oxygens (including phenoxy) is 2. The van der Waals surface area contributed by atoms with Crippen LogP contribution in [0.1, 0.15) is 22.0 Å². The van der Waals surface area contributed by atoms with Crippen LogP contribution in [0.3, 0.4) is 0 Å². The van der Waals surface area contributed by atoms with E-state index in [-0.39, 0.29) is 5.78 Å². The lowest BCUT2D eigenvalue weighted by Gasteiger charge is -2.31. The van der Waals surface area contributed by atoms with Crippen molar-refractivity contribution in [2.24, 2.45) is 5.92 Å². The van der Waals surface area contributed by atoms with Crippen molar-refractivity contribution >= 4 is 29.1 Å². The number of halogens is 1. The SMILES string of the molecule is COc1cccc(C2C(C(=O)c3ccc(Cl)cc3)C(=O)C(=O)N2CCN2CCOCC2)c1. The molecule has 0 N–H and O–H groups in total. The molecular formula is C24H25ClN2O5. The van der Waals surface area contributed by atoms with Crippen molar-refractivity contribution in [1.29, 1.82) is 0 Å². The van der Waals surface area contributed by atoms with Gasteiger partial charge in [0.1, 0.15) is 11.7 Å². The van der Waals surface area contributed by atoms with E-state index in [1.165, 1.54) is 4.90 Å². The lowest BCUT2D eigenvalue weighted by molar-refractivity contribution is -0.141. The number of methoxy groups -OCH3 is 1. The maximum atomic E-state index is 13.4. The summed E-state index contributed by atoms with van der Waals surface area (Å²) in [5, 5.41) is 0.492. The number of hydrogen-bond acceptors (Lipinski definition) is 6. The number of Topliss-reactive ketones (excluding diaryl/α,β-unsaturated/α-hetero) is 2. The lowest BCUT2D eigenvalue weighted by atomic mass is 9.86. The number of likely N-dealkylation sites (tertiary alicyclic amines) is 1. The number of rotatable bonds is 7. The number of carbonyl (C=O) groups is 3. The van der Waals surface area contributed by atoms with Crippen molar-refractivity contribution in [3.8, 4) is 5.75 Å². The molecule has 2 unspecified atom stereocenters. The van der Waals surface area contributed by atoms with Gasteiger partial charge in [-0.15, -0.1) is 0 Å². The minimum absolute atomic E-state index is 0.344. The second-order valence-corrected chi connectivity index (χ2v) is 8.32. The highest BCUT2D eigenvalue weighted by atomic mass is 35.5. The van der Waals surface area contributed by atoms with E-state index in [0.717, 1.165) is 13.1 Å². The zero-order valence-corrected chi connectivity index (χ0v) is 18.6. The molecule has 8 heteroatoms. The molecule has 7 nitrogen and oxygen atoms in total. The minimum atomic E-state index is -1.12. The molecule has 0 saturated carbocycles. The highest BCUT2D eigenvalue weighted by molar-refractivity contribution is 6.44. The van der Waals surface area contributed by atoms with Gasteiger partial charge >= 0.3 is 0 Å². The van der Waals surface area contributed by atoms with E-state index >= 15 is 0 Å². The van der Waals surface area contributed by atoms with Gasteiger partial charge in [-0.1, -0.05) is 23.7 Å². The molecule has 2 fully saturated rings. The standard InChI is InChI=1S/C24H25ClN2O5/c1-31-19-4-2-3-17(15-19)21-20(22(28)16-5-7-18(25)8-6-16)23(29)24(30)27(21)10-9-26-11-13-32-14-12-26/h2-8,15,20-21H,9-14H2,1H3. The predicted molar refractivity (Wildman–Crippen MR) is 119 cm³/mol. The third-order valence-electron chi connectivity index (χ3n) is 6.01. The van der Waals surface area contributed by atoms with Gasteiger partial charge in [0.25, 0.3) is 5.91 Å². The minimum Gasteiger partial charge on any atom is -0.497 e. The van der Waals surface area contributed by atoms with Gasteiger partial charge in [0.15, 0.2) is 5.78 Å². The molecule has 2 heterocycles. The monoisotopic (exact) mass is 456 g/mol. The maximum Gasteiger partial charge on any atom is 0.291 e. The van der Waals surface area contributed by atoms with Crippen molar-refractivity contribution in [3.05, 3.63) is 64.7 Å². The van der Waals surface area contributed by atoms with Gasteiger partial charge in [0.2, 0.25) is 5.78 Å². The van der Waals surface area contributed by atoms with E-state index in [9.17, 15) is 14.4 Å². The van der Waals surface area contributed by atoms with Crippen molar-refractivity contribution in [2.75, 3.05) is 46.5 Å². The molecule has 168 valence electrons. The van der Waals surface area contributed by atoms with Crippen LogP contribution >= 0.6 is 11.6 Å². The van der Waals surface area contributed by atoms with Gasteiger partial charge in [-0.25, -0.2) is 0 Å². The molecule has 2 aliphatic rings. The number of nitrogens with zero attached hydrogens (tertiary/aromatic N) is 2. The van der Waals surface area contributed by atoms with E-state index in [1.807, 2.05) is 6.07 Å². The Morgan fingerprint density at radius 3 is 2.50 bits per heavy atom. The van der Waals surface area contributed by atoms with Crippen molar-refractivity contribution in [2.45, 2.75) is 6.04 Å². The first-order chi connectivity index (χ1) is 15.5. The molecule has 2 aromatic rings. The molecule has 0 spiro atoms. The zero-order valence-electron chi connectivity index (χ0n) is 17.8. The largest absolute Gasteiger partial charge is 0.497 e. The quantitative estimate of drug-likeness (QED) is 0.362. The molecule has 0 aromatic heterocycles. The van der Waals surface area contributed by atoms with E-state index in [0.29, 0.717) is 48.2 Å². The van der Waals surface area contributed by atoms with Crippen LogP contribution in [0.25, 0.3) is 0 Å². The Bertz CT molecular complexity index is 1000. The molecule has 2 saturated heterocycles. The smallest absolute Gasteiger partial charge is 0.291 e. The van der Waals surface area contributed by atoms with Crippen LogP contribution in [0, 0.1) is 5.92 Å². The molecule has 0 radical (unpaired) electrons. The van der Waals surface area contributed by atoms with E-state index in [4.69, 9.17) is 21.1 Å². The molecular weight excluding hydrogens is 432 g/mol. The van der Waals surface area contributed by atoms with E-state index in [2.05, 4.69) is 4.90 Å². The molecule has 2 aliphatic heterocycles. The fourth-order valence-corrected chi connectivity index (χ4v) is 4.42. The molecule has 1 amide bonds. The summed E-state index contributed by atoms with van der Waals surface area (Å²) in [7, 11) is 1.55. The summed E-state index contributed by atoms with van der Waals surface area (Å²) < 4.78 is 10.7. The zero-order chi connectivity index (χ0) is 22.7. The summed E-state index contributed by atoms with van der Waals surface area (Å²) in [6.45, 7) is 3.77. The van der Waals surface area contributed by atoms with Crippen LogP contribution in [0.15, 0.2) is 48.5 Å². The Kier molecular flexibility index (Phi) is 6.89. The second-order valence-electron chi connectivity index (χ2n) is 7.89. The normalized spacial score (nSPS) is 21.8. The Labute approximate surface area is 191 Å². The molecule has 0 bridgehead atoms. The summed E-state index contributed by atoms with van der Waals surface area (Å²) in [6, 6.07) is 12.9. The summed E-state index contributed by atoms with van der Waals surface area (Å²) in [6.07, 6.45) is 0. The van der Waals surface area contributed by atoms with Gasteiger partial charge in [-0.2, -0.15) is 0 Å². The van der Waals surface area contributed by atoms with Crippen LogP contribution in [0.5, 0.6) is 5.75 Å². The number of amides is 1. The van der Waals surface area contributed by atoms with Gasteiger partial charge in [0, 0.05) is 36.8 Å². The number of morpholine rings is 1. The molecule has 2 atom stereocenters. The van der Waals surface area contributed by atoms with Crippen LogP contribution in [-0.4, -0.2) is 73.8 Å². The summed E-state index contributed by atoms with van der Waals surface area (Å²) in [5.74, 6) is -2.22. The van der Waals surface area contributed by atoms with Gasteiger partial charge in [0.05, 0.1) is 26.4 Å². The average molecular weight is 457 g/mol. The highest BCUT2D eigenvalue weighted by Crippen LogP contribution is 2.39. The first-order valence-electron chi connectivity index (χ1n) is 10.6. The van der Waals surface area contributed by atoms with Crippen molar-refractivity contribution < 1.29 is 23.9 Å². The van der Waals surface area contributed by atoms with Crippen molar-refractivity contribution in [3.63, 3.8) is 0 Å². The summed E-state index contributed by atoms with van der Waals surface area (Å²) in [5.41, 5.74) is 1.04. The Morgan fingerprint density at radius 1 is 1.09 bits per heavy atom. The topological polar surface area (TPSA) is 76.2 Å².